The van der Waals surface area contributed by atoms with Gasteiger partial charge in [-0.15, -0.1) is 12.4 Å². The average Bonchev–Trinajstić information content (AvgIpc) is 2.85. The number of hydrogen-bond donors (Lipinski definition) is 2. The van der Waals surface area contributed by atoms with Gasteiger partial charge in [-0.05, 0) is 25.7 Å². The first kappa shape index (κ1) is 19.4. The summed E-state index contributed by atoms with van der Waals surface area (Å²) in [6, 6.07) is -0.00693. The highest BCUT2D eigenvalue weighted by Crippen LogP contribution is 2.27. The van der Waals surface area contributed by atoms with Crippen molar-refractivity contribution < 1.29 is 8.42 Å². The van der Waals surface area contributed by atoms with Crippen LogP contribution < -0.4 is 4.72 Å². The van der Waals surface area contributed by atoms with Crippen LogP contribution in [0, 0.1) is 25.7 Å². The first-order valence-electron chi connectivity index (χ1n) is 7.37. The quantitative estimate of drug-likeness (QED) is 0.842. The summed E-state index contributed by atoms with van der Waals surface area (Å²) in [7, 11) is -3.17. The standard InChI is InChI=1S/C14H26N4O2S.ClH/c1-9(2)12-6-18(8-14(12)17-21(5,19)20)7-13-10(3)15-16-11(13)4;/h9,12,14,17H,6-8H2,1-5H3,(H,15,16);1H/t12-,14+;/m1./s1. The molecule has 0 aliphatic carbocycles. The SMILES string of the molecule is Cc1n[nH]c(C)c1CN1C[C@H](NS(C)(=O)=O)[C@@H](C(C)C)C1.Cl. The second-order valence-electron chi connectivity index (χ2n) is 6.51. The number of aromatic nitrogens is 2. The highest BCUT2D eigenvalue weighted by Gasteiger charge is 2.36. The fourth-order valence-electron chi connectivity index (χ4n) is 3.15. The van der Waals surface area contributed by atoms with E-state index in [1.54, 1.807) is 0 Å². The van der Waals surface area contributed by atoms with Crippen molar-refractivity contribution in [3.05, 3.63) is 17.0 Å². The molecule has 0 radical (unpaired) electrons. The van der Waals surface area contributed by atoms with Crippen LogP contribution in [0.2, 0.25) is 0 Å². The van der Waals surface area contributed by atoms with E-state index in [9.17, 15) is 8.42 Å². The molecular weight excluding hydrogens is 324 g/mol. The molecule has 1 aliphatic heterocycles. The van der Waals surface area contributed by atoms with E-state index in [4.69, 9.17) is 0 Å². The van der Waals surface area contributed by atoms with Crippen molar-refractivity contribution >= 4 is 22.4 Å². The van der Waals surface area contributed by atoms with Gasteiger partial charge in [-0.2, -0.15) is 5.10 Å². The molecule has 1 aliphatic rings. The van der Waals surface area contributed by atoms with E-state index in [0.29, 0.717) is 11.8 Å². The minimum absolute atomic E-state index is 0. The highest BCUT2D eigenvalue weighted by atomic mass is 35.5. The first-order chi connectivity index (χ1) is 9.67. The lowest BCUT2D eigenvalue weighted by Gasteiger charge is -2.21. The van der Waals surface area contributed by atoms with Crippen molar-refractivity contribution in [2.75, 3.05) is 19.3 Å². The van der Waals surface area contributed by atoms with Gasteiger partial charge in [0.1, 0.15) is 0 Å². The summed E-state index contributed by atoms with van der Waals surface area (Å²) in [4.78, 5) is 2.32. The number of hydrogen-bond acceptors (Lipinski definition) is 4. The Labute approximate surface area is 139 Å². The summed E-state index contributed by atoms with van der Waals surface area (Å²) in [5, 5.41) is 7.23. The van der Waals surface area contributed by atoms with E-state index in [0.717, 1.165) is 31.0 Å². The molecule has 1 fully saturated rings. The number of rotatable bonds is 5. The molecule has 0 amide bonds. The van der Waals surface area contributed by atoms with Gasteiger partial charge < -0.3 is 0 Å². The minimum atomic E-state index is -3.17. The Morgan fingerprint density at radius 1 is 1.36 bits per heavy atom. The Kier molecular flexibility index (Phi) is 6.44. The zero-order valence-electron chi connectivity index (χ0n) is 13.9. The van der Waals surface area contributed by atoms with Gasteiger partial charge in [0.2, 0.25) is 10.0 Å². The van der Waals surface area contributed by atoms with Crippen LogP contribution in [0.25, 0.3) is 0 Å². The molecule has 0 unspecified atom stereocenters. The van der Waals surface area contributed by atoms with Gasteiger partial charge in [0.15, 0.2) is 0 Å². The molecule has 22 heavy (non-hydrogen) atoms. The number of nitrogens with one attached hydrogen (secondary N) is 2. The zero-order chi connectivity index (χ0) is 15.8. The molecule has 1 aromatic heterocycles. The fourth-order valence-corrected chi connectivity index (χ4v) is 3.95. The normalized spacial score (nSPS) is 23.0. The summed E-state index contributed by atoms with van der Waals surface area (Å²) < 4.78 is 25.9. The van der Waals surface area contributed by atoms with Gasteiger partial charge in [0.05, 0.1) is 11.9 Å². The molecule has 1 aromatic rings. The first-order valence-corrected chi connectivity index (χ1v) is 9.26. The summed E-state index contributed by atoms with van der Waals surface area (Å²) >= 11 is 0. The summed E-state index contributed by atoms with van der Waals surface area (Å²) in [6.45, 7) is 10.8. The average molecular weight is 351 g/mol. The van der Waals surface area contributed by atoms with E-state index < -0.39 is 10.0 Å². The van der Waals surface area contributed by atoms with Gasteiger partial charge in [0.25, 0.3) is 0 Å². The molecular formula is C14H27ClN4O2S. The Hall–Kier alpha value is -0.630. The van der Waals surface area contributed by atoms with E-state index >= 15 is 0 Å². The summed E-state index contributed by atoms with van der Waals surface area (Å²) in [6.07, 6.45) is 1.23. The van der Waals surface area contributed by atoms with Crippen LogP contribution in [0.15, 0.2) is 0 Å². The van der Waals surface area contributed by atoms with Crippen LogP contribution in [0.1, 0.15) is 30.8 Å². The van der Waals surface area contributed by atoms with Gasteiger partial charge in [-0.25, -0.2) is 13.1 Å². The molecule has 6 nitrogen and oxygen atoms in total. The third-order valence-electron chi connectivity index (χ3n) is 4.32. The van der Waals surface area contributed by atoms with Crippen molar-refractivity contribution in [3.63, 3.8) is 0 Å². The second-order valence-corrected chi connectivity index (χ2v) is 8.29. The monoisotopic (exact) mass is 350 g/mol. The number of likely N-dealkylation sites (tertiary alicyclic amines) is 1. The number of sulfonamides is 1. The number of nitrogens with zero attached hydrogens (tertiary/aromatic N) is 2. The van der Waals surface area contributed by atoms with E-state index in [-0.39, 0.29) is 18.4 Å². The number of aryl methyl sites for hydroxylation is 2. The minimum Gasteiger partial charge on any atom is -0.297 e. The Morgan fingerprint density at radius 2 is 2.00 bits per heavy atom. The largest absolute Gasteiger partial charge is 0.297 e. The topological polar surface area (TPSA) is 78.1 Å². The molecule has 0 bridgehead atoms. The summed E-state index contributed by atoms with van der Waals surface area (Å²) in [5.41, 5.74) is 3.33. The molecule has 2 heterocycles. The lowest BCUT2D eigenvalue weighted by Crippen LogP contribution is -2.41. The van der Waals surface area contributed by atoms with Crippen LogP contribution in [-0.4, -0.2) is 48.9 Å². The zero-order valence-corrected chi connectivity index (χ0v) is 15.5. The highest BCUT2D eigenvalue weighted by molar-refractivity contribution is 7.88. The van der Waals surface area contributed by atoms with Crippen molar-refractivity contribution in [2.45, 2.75) is 40.3 Å². The molecule has 2 atom stereocenters. The molecule has 0 spiro atoms. The Bertz CT molecular complexity index is 580. The van der Waals surface area contributed by atoms with Crippen molar-refractivity contribution in [3.8, 4) is 0 Å². The second kappa shape index (κ2) is 7.29. The van der Waals surface area contributed by atoms with E-state index in [2.05, 4.69) is 33.7 Å². The van der Waals surface area contributed by atoms with Crippen LogP contribution in [0.4, 0.5) is 0 Å². The fraction of sp³-hybridized carbons (Fsp3) is 0.786. The molecule has 0 saturated carbocycles. The molecule has 2 rings (SSSR count). The predicted molar refractivity (Wildman–Crippen MR) is 90.7 cm³/mol. The predicted octanol–water partition coefficient (Wildman–Crippen LogP) is 1.45. The third kappa shape index (κ3) is 4.68. The smallest absolute Gasteiger partial charge is 0.209 e. The third-order valence-corrected chi connectivity index (χ3v) is 5.06. The van der Waals surface area contributed by atoms with Crippen LogP contribution in [0.3, 0.4) is 0 Å². The maximum Gasteiger partial charge on any atom is 0.209 e. The number of aromatic amines is 1. The molecule has 128 valence electrons. The van der Waals surface area contributed by atoms with E-state index in [1.807, 2.05) is 13.8 Å². The number of H-pyrrole nitrogens is 1. The maximum atomic E-state index is 11.5. The molecule has 1 saturated heterocycles. The Balaban J connectivity index is 0.00000242. The van der Waals surface area contributed by atoms with Crippen molar-refractivity contribution in [1.82, 2.24) is 19.8 Å². The lowest BCUT2D eigenvalue weighted by atomic mass is 9.92. The van der Waals surface area contributed by atoms with Crippen LogP contribution in [0.5, 0.6) is 0 Å². The lowest BCUT2D eigenvalue weighted by molar-refractivity contribution is 0.295. The van der Waals surface area contributed by atoms with Gasteiger partial charge in [-0.1, -0.05) is 13.8 Å². The van der Waals surface area contributed by atoms with Crippen LogP contribution in [-0.2, 0) is 16.6 Å². The maximum absolute atomic E-state index is 11.5. The van der Waals surface area contributed by atoms with Crippen LogP contribution >= 0.6 is 12.4 Å². The van der Waals surface area contributed by atoms with E-state index in [1.165, 1.54) is 11.8 Å². The number of halogens is 1. The summed E-state index contributed by atoms with van der Waals surface area (Å²) in [5.74, 6) is 0.785. The van der Waals surface area contributed by atoms with Crippen molar-refractivity contribution in [1.29, 1.82) is 0 Å². The molecule has 8 heteroatoms. The van der Waals surface area contributed by atoms with Gasteiger partial charge in [0, 0.05) is 36.9 Å². The van der Waals surface area contributed by atoms with Gasteiger partial charge in [-0.3, -0.25) is 10.00 Å². The Morgan fingerprint density at radius 3 is 2.45 bits per heavy atom. The molecule has 0 aromatic carbocycles. The van der Waals surface area contributed by atoms with Gasteiger partial charge >= 0.3 is 0 Å². The van der Waals surface area contributed by atoms with Crippen molar-refractivity contribution in [2.24, 2.45) is 11.8 Å². The molecule has 2 N–H and O–H groups in total.